The molecular weight excluding hydrogens is 502 g/mol. The normalized spacial score (nSPS) is 14.1. The fourth-order valence-electron chi connectivity index (χ4n) is 4.72. The number of benzene rings is 3. The van der Waals surface area contributed by atoms with E-state index < -0.39 is 0 Å². The van der Waals surface area contributed by atoms with Gasteiger partial charge in [-0.1, -0.05) is 41.9 Å². The smallest absolute Gasteiger partial charge is 0.253 e. The van der Waals surface area contributed by atoms with Crippen LogP contribution in [0.5, 0.6) is 11.5 Å². The number of anilines is 1. The summed E-state index contributed by atoms with van der Waals surface area (Å²) in [6.45, 7) is 2.94. The van der Waals surface area contributed by atoms with Gasteiger partial charge in [0.05, 0.1) is 25.5 Å². The Morgan fingerprint density at radius 3 is 2.42 bits per heavy atom. The first-order valence-corrected chi connectivity index (χ1v) is 13.2. The SMILES string of the molecule is COc1ccc(CCNC(=O)c2ccccc2NC(=O)C2CCN(Cc3cccc(Cl)c3)CC2)cc1OC. The molecule has 0 aliphatic carbocycles. The number of halogens is 1. The number of likely N-dealkylation sites (tertiary alicyclic amines) is 1. The van der Waals surface area contributed by atoms with Crippen molar-refractivity contribution in [3.8, 4) is 11.5 Å². The molecule has 0 aromatic heterocycles. The van der Waals surface area contributed by atoms with Crippen LogP contribution in [0.1, 0.15) is 34.3 Å². The van der Waals surface area contributed by atoms with Gasteiger partial charge in [-0.05, 0) is 79.9 Å². The second kappa shape index (κ2) is 13.3. The molecule has 2 N–H and O–H groups in total. The molecule has 1 saturated heterocycles. The van der Waals surface area contributed by atoms with Crippen molar-refractivity contribution in [2.45, 2.75) is 25.8 Å². The molecule has 0 saturated carbocycles. The molecule has 3 aromatic carbocycles. The van der Waals surface area contributed by atoms with Gasteiger partial charge in [0.1, 0.15) is 0 Å². The monoisotopic (exact) mass is 535 g/mol. The van der Waals surface area contributed by atoms with E-state index in [1.807, 2.05) is 42.5 Å². The molecule has 2 amide bonds. The van der Waals surface area contributed by atoms with Crippen LogP contribution >= 0.6 is 11.6 Å². The Bertz CT molecular complexity index is 1260. The van der Waals surface area contributed by atoms with Gasteiger partial charge in [0, 0.05) is 24.0 Å². The van der Waals surface area contributed by atoms with Crippen LogP contribution < -0.4 is 20.1 Å². The predicted molar refractivity (Wildman–Crippen MR) is 150 cm³/mol. The number of nitrogens with one attached hydrogen (secondary N) is 2. The highest BCUT2D eigenvalue weighted by molar-refractivity contribution is 6.30. The summed E-state index contributed by atoms with van der Waals surface area (Å²) < 4.78 is 10.6. The molecule has 3 aromatic rings. The van der Waals surface area contributed by atoms with Crippen LogP contribution in [0.25, 0.3) is 0 Å². The summed E-state index contributed by atoms with van der Waals surface area (Å²) in [5.74, 6) is 0.957. The van der Waals surface area contributed by atoms with E-state index in [2.05, 4.69) is 21.6 Å². The molecule has 0 atom stereocenters. The van der Waals surface area contributed by atoms with Crippen molar-refractivity contribution in [3.63, 3.8) is 0 Å². The number of carbonyl (C=O) groups excluding carboxylic acids is 2. The van der Waals surface area contributed by atoms with Crippen LogP contribution in [0.3, 0.4) is 0 Å². The lowest BCUT2D eigenvalue weighted by Crippen LogP contribution is -2.38. The molecule has 0 radical (unpaired) electrons. The van der Waals surface area contributed by atoms with E-state index in [0.717, 1.165) is 43.1 Å². The molecule has 1 aliphatic rings. The van der Waals surface area contributed by atoms with Crippen molar-refractivity contribution >= 4 is 29.1 Å². The van der Waals surface area contributed by atoms with Crippen LogP contribution in [-0.2, 0) is 17.8 Å². The van der Waals surface area contributed by atoms with E-state index in [1.54, 1.807) is 32.4 Å². The van der Waals surface area contributed by atoms with E-state index in [0.29, 0.717) is 35.7 Å². The fraction of sp³-hybridized carbons (Fsp3) is 0.333. The Hall–Kier alpha value is -3.55. The third-order valence-corrected chi connectivity index (χ3v) is 7.07. The van der Waals surface area contributed by atoms with Gasteiger partial charge in [0.25, 0.3) is 5.91 Å². The number of piperidine rings is 1. The highest BCUT2D eigenvalue weighted by atomic mass is 35.5. The summed E-state index contributed by atoms with van der Waals surface area (Å²) in [6.07, 6.45) is 2.17. The highest BCUT2D eigenvalue weighted by Crippen LogP contribution is 2.28. The average Bonchev–Trinajstić information content (AvgIpc) is 2.93. The highest BCUT2D eigenvalue weighted by Gasteiger charge is 2.26. The van der Waals surface area contributed by atoms with Crippen molar-refractivity contribution in [2.75, 3.05) is 39.2 Å². The minimum atomic E-state index is -0.224. The number of methoxy groups -OCH3 is 2. The Kier molecular flexibility index (Phi) is 9.62. The minimum absolute atomic E-state index is 0.0435. The number of hydrogen-bond acceptors (Lipinski definition) is 5. The van der Waals surface area contributed by atoms with Crippen molar-refractivity contribution in [3.05, 3.63) is 88.4 Å². The van der Waals surface area contributed by atoms with Crippen molar-refractivity contribution in [2.24, 2.45) is 5.92 Å². The summed E-state index contributed by atoms with van der Waals surface area (Å²) in [5.41, 5.74) is 3.17. The Labute approximate surface area is 229 Å². The summed E-state index contributed by atoms with van der Waals surface area (Å²) in [6, 6.07) is 20.7. The molecule has 1 fully saturated rings. The number of para-hydroxylation sites is 1. The molecular formula is C30H34ClN3O4. The van der Waals surface area contributed by atoms with Gasteiger partial charge in [-0.2, -0.15) is 0 Å². The first-order chi connectivity index (χ1) is 18.5. The number of hydrogen-bond donors (Lipinski definition) is 2. The van der Waals surface area contributed by atoms with E-state index in [1.165, 1.54) is 5.56 Å². The zero-order valence-electron chi connectivity index (χ0n) is 21.8. The lowest BCUT2D eigenvalue weighted by molar-refractivity contribution is -0.121. The van der Waals surface area contributed by atoms with Gasteiger partial charge in [0.2, 0.25) is 5.91 Å². The number of rotatable bonds is 10. The molecule has 1 aliphatic heterocycles. The van der Waals surface area contributed by atoms with Crippen molar-refractivity contribution in [1.82, 2.24) is 10.2 Å². The lowest BCUT2D eigenvalue weighted by atomic mass is 9.95. The molecule has 4 rings (SSSR count). The second-order valence-corrected chi connectivity index (χ2v) is 9.85. The third-order valence-electron chi connectivity index (χ3n) is 6.83. The van der Waals surface area contributed by atoms with Gasteiger partial charge in [-0.15, -0.1) is 0 Å². The Balaban J connectivity index is 1.28. The Morgan fingerprint density at radius 2 is 1.68 bits per heavy atom. The molecule has 200 valence electrons. The van der Waals surface area contributed by atoms with Gasteiger partial charge in [-0.3, -0.25) is 14.5 Å². The van der Waals surface area contributed by atoms with Gasteiger partial charge in [0.15, 0.2) is 11.5 Å². The van der Waals surface area contributed by atoms with Crippen LogP contribution in [0.4, 0.5) is 5.69 Å². The zero-order valence-corrected chi connectivity index (χ0v) is 22.6. The lowest BCUT2D eigenvalue weighted by Gasteiger charge is -2.31. The number of amides is 2. The molecule has 8 heteroatoms. The van der Waals surface area contributed by atoms with Gasteiger partial charge < -0.3 is 20.1 Å². The van der Waals surface area contributed by atoms with E-state index >= 15 is 0 Å². The maximum absolute atomic E-state index is 13.1. The fourth-order valence-corrected chi connectivity index (χ4v) is 4.94. The molecule has 0 unspecified atom stereocenters. The largest absolute Gasteiger partial charge is 0.493 e. The maximum atomic E-state index is 13.1. The quantitative estimate of drug-likeness (QED) is 0.374. The van der Waals surface area contributed by atoms with Crippen molar-refractivity contribution < 1.29 is 19.1 Å². The van der Waals surface area contributed by atoms with Gasteiger partial charge in [-0.25, -0.2) is 0 Å². The first kappa shape index (κ1) is 27.5. The number of nitrogens with zero attached hydrogens (tertiary/aromatic N) is 1. The number of ether oxygens (including phenoxy) is 2. The van der Waals surface area contributed by atoms with E-state index in [9.17, 15) is 9.59 Å². The molecule has 7 nitrogen and oxygen atoms in total. The number of carbonyl (C=O) groups is 2. The zero-order chi connectivity index (χ0) is 26.9. The Morgan fingerprint density at radius 1 is 0.921 bits per heavy atom. The predicted octanol–water partition coefficient (Wildman–Crippen LogP) is 5.18. The summed E-state index contributed by atoms with van der Waals surface area (Å²) in [7, 11) is 3.19. The third kappa shape index (κ3) is 7.27. The van der Waals surface area contributed by atoms with E-state index in [-0.39, 0.29) is 17.7 Å². The first-order valence-electron chi connectivity index (χ1n) is 12.8. The van der Waals surface area contributed by atoms with Crippen molar-refractivity contribution in [1.29, 1.82) is 0 Å². The summed E-state index contributed by atoms with van der Waals surface area (Å²) in [5, 5.41) is 6.70. The van der Waals surface area contributed by atoms with Crippen LogP contribution in [0.15, 0.2) is 66.7 Å². The summed E-state index contributed by atoms with van der Waals surface area (Å²) >= 11 is 6.11. The van der Waals surface area contributed by atoms with E-state index in [4.69, 9.17) is 21.1 Å². The standard InChI is InChI=1S/C30H34ClN3O4/c1-37-27-11-10-21(19-28(27)38-2)12-15-32-30(36)25-8-3-4-9-26(25)33-29(35)23-13-16-34(17-14-23)20-22-6-5-7-24(31)18-22/h3-11,18-19,23H,12-17,20H2,1-2H3,(H,32,36)(H,33,35). The van der Waals surface area contributed by atoms with Crippen LogP contribution in [0, 0.1) is 5.92 Å². The summed E-state index contributed by atoms with van der Waals surface area (Å²) in [4.78, 5) is 28.4. The second-order valence-electron chi connectivity index (χ2n) is 9.41. The topological polar surface area (TPSA) is 79.9 Å². The minimum Gasteiger partial charge on any atom is -0.493 e. The average molecular weight is 536 g/mol. The van der Waals surface area contributed by atoms with Crippen LogP contribution in [0.2, 0.25) is 5.02 Å². The van der Waals surface area contributed by atoms with Crippen LogP contribution in [-0.4, -0.2) is 50.6 Å². The molecule has 1 heterocycles. The molecule has 0 spiro atoms. The van der Waals surface area contributed by atoms with Gasteiger partial charge >= 0.3 is 0 Å². The maximum Gasteiger partial charge on any atom is 0.253 e. The molecule has 38 heavy (non-hydrogen) atoms. The molecule has 0 bridgehead atoms.